The summed E-state index contributed by atoms with van der Waals surface area (Å²) in [7, 11) is 0. The summed E-state index contributed by atoms with van der Waals surface area (Å²) in [6.45, 7) is 6.87. The molecule has 0 saturated carbocycles. The van der Waals surface area contributed by atoms with Gasteiger partial charge < -0.3 is 9.47 Å². The molecule has 2 aromatic carbocycles. The molecule has 0 radical (unpaired) electrons. The molecular weight excluding hydrogens is 360 g/mol. The quantitative estimate of drug-likeness (QED) is 0.512. The van der Waals surface area contributed by atoms with Gasteiger partial charge in [-0.3, -0.25) is 0 Å². The minimum Gasteiger partial charge on any atom is -0.454 e. The Morgan fingerprint density at radius 1 is 0.926 bits per heavy atom. The smallest absolute Gasteiger partial charge is 0.235 e. The van der Waals surface area contributed by atoms with E-state index in [9.17, 15) is 0 Å². The van der Waals surface area contributed by atoms with E-state index in [1.807, 2.05) is 18.2 Å². The Labute approximate surface area is 160 Å². The molecule has 0 N–H and O–H groups in total. The van der Waals surface area contributed by atoms with Crippen LogP contribution in [-0.2, 0) is 5.41 Å². The Balaban J connectivity index is 1.54. The first kappa shape index (κ1) is 16.3. The second-order valence-electron chi connectivity index (χ2n) is 7.52. The van der Waals surface area contributed by atoms with Crippen molar-refractivity contribution in [3.63, 3.8) is 0 Å². The van der Waals surface area contributed by atoms with Crippen molar-refractivity contribution in [3.05, 3.63) is 48.0 Å². The minimum atomic E-state index is 0.117. The third-order valence-electron chi connectivity index (χ3n) is 4.62. The summed E-state index contributed by atoms with van der Waals surface area (Å²) >= 11 is 1.50. The van der Waals surface area contributed by atoms with Crippen molar-refractivity contribution in [2.45, 2.75) is 26.2 Å². The molecule has 1 aliphatic rings. The molecule has 0 aliphatic carbocycles. The lowest BCUT2D eigenvalue weighted by molar-refractivity contribution is 0.174. The molecule has 0 unspecified atom stereocenters. The highest BCUT2D eigenvalue weighted by molar-refractivity contribution is 7.19. The van der Waals surface area contributed by atoms with E-state index in [-0.39, 0.29) is 12.2 Å². The SMILES string of the molecule is CC(C)(C)c1ccc(-c2nnc3sc(-c4ccc5c(c4)OCO5)nn23)cc1. The van der Waals surface area contributed by atoms with Gasteiger partial charge in [0.05, 0.1) is 0 Å². The highest BCUT2D eigenvalue weighted by Gasteiger charge is 2.19. The summed E-state index contributed by atoms with van der Waals surface area (Å²) in [5, 5.41) is 14.2. The third kappa shape index (κ3) is 2.75. The molecule has 0 spiro atoms. The zero-order valence-electron chi connectivity index (χ0n) is 15.3. The number of rotatable bonds is 2. The van der Waals surface area contributed by atoms with Gasteiger partial charge >= 0.3 is 0 Å². The van der Waals surface area contributed by atoms with Crippen LogP contribution in [-0.4, -0.2) is 26.6 Å². The van der Waals surface area contributed by atoms with Crippen molar-refractivity contribution in [2.24, 2.45) is 0 Å². The molecule has 3 heterocycles. The Kier molecular flexibility index (Phi) is 3.48. The fourth-order valence-electron chi connectivity index (χ4n) is 3.06. The van der Waals surface area contributed by atoms with Crippen LogP contribution < -0.4 is 9.47 Å². The van der Waals surface area contributed by atoms with E-state index >= 15 is 0 Å². The third-order valence-corrected chi connectivity index (χ3v) is 5.57. The predicted octanol–water partition coefficient (Wildman–Crippen LogP) is 4.55. The van der Waals surface area contributed by atoms with Crippen molar-refractivity contribution < 1.29 is 9.47 Å². The monoisotopic (exact) mass is 378 g/mol. The summed E-state index contributed by atoms with van der Waals surface area (Å²) in [4.78, 5) is 0.762. The zero-order chi connectivity index (χ0) is 18.6. The molecule has 136 valence electrons. The molecule has 0 fully saturated rings. The summed E-state index contributed by atoms with van der Waals surface area (Å²) < 4.78 is 12.6. The van der Waals surface area contributed by atoms with E-state index in [1.165, 1.54) is 16.9 Å². The largest absolute Gasteiger partial charge is 0.454 e. The van der Waals surface area contributed by atoms with Gasteiger partial charge in [0.2, 0.25) is 11.8 Å². The molecule has 0 amide bonds. The second-order valence-corrected chi connectivity index (χ2v) is 8.48. The maximum atomic E-state index is 5.47. The fourth-order valence-corrected chi connectivity index (χ4v) is 3.90. The topological polar surface area (TPSA) is 61.5 Å². The van der Waals surface area contributed by atoms with Crippen molar-refractivity contribution >= 4 is 16.3 Å². The van der Waals surface area contributed by atoms with E-state index in [4.69, 9.17) is 14.6 Å². The van der Waals surface area contributed by atoms with Crippen LogP contribution in [0.3, 0.4) is 0 Å². The molecule has 7 heteroatoms. The highest BCUT2D eigenvalue weighted by Crippen LogP contribution is 2.37. The van der Waals surface area contributed by atoms with Gasteiger partial charge in [-0.15, -0.1) is 10.2 Å². The lowest BCUT2D eigenvalue weighted by atomic mass is 9.87. The van der Waals surface area contributed by atoms with Gasteiger partial charge in [-0.1, -0.05) is 56.4 Å². The lowest BCUT2D eigenvalue weighted by Crippen LogP contribution is -2.10. The molecule has 5 rings (SSSR count). The number of fused-ring (bicyclic) bond motifs is 2. The van der Waals surface area contributed by atoms with Crippen LogP contribution in [0.1, 0.15) is 26.3 Å². The molecule has 0 bridgehead atoms. The van der Waals surface area contributed by atoms with E-state index in [1.54, 1.807) is 4.52 Å². The maximum absolute atomic E-state index is 5.47. The van der Waals surface area contributed by atoms with E-state index in [2.05, 4.69) is 55.2 Å². The van der Waals surface area contributed by atoms with Crippen LogP contribution in [0.4, 0.5) is 0 Å². The molecule has 0 saturated heterocycles. The van der Waals surface area contributed by atoms with E-state index in [0.29, 0.717) is 0 Å². The number of aromatic nitrogens is 4. The molecule has 0 atom stereocenters. The van der Waals surface area contributed by atoms with Gasteiger partial charge in [-0.2, -0.15) is 9.61 Å². The number of hydrogen-bond donors (Lipinski definition) is 0. The Morgan fingerprint density at radius 3 is 2.44 bits per heavy atom. The Bertz CT molecular complexity index is 1140. The van der Waals surface area contributed by atoms with Gasteiger partial charge in [0.15, 0.2) is 17.3 Å². The van der Waals surface area contributed by atoms with Gasteiger partial charge in [-0.05, 0) is 29.2 Å². The van der Waals surface area contributed by atoms with Gasteiger partial charge in [0.1, 0.15) is 5.01 Å². The number of nitrogens with zero attached hydrogens (tertiary/aromatic N) is 4. The van der Waals surface area contributed by atoms with Crippen molar-refractivity contribution in [1.29, 1.82) is 0 Å². The minimum absolute atomic E-state index is 0.117. The first-order valence-electron chi connectivity index (χ1n) is 8.72. The number of benzene rings is 2. The van der Waals surface area contributed by atoms with Crippen LogP contribution >= 0.6 is 11.3 Å². The lowest BCUT2D eigenvalue weighted by Gasteiger charge is -2.18. The Hall–Kier alpha value is -2.93. The van der Waals surface area contributed by atoms with Gasteiger partial charge in [-0.25, -0.2) is 0 Å². The summed E-state index contributed by atoms with van der Waals surface area (Å²) in [6, 6.07) is 14.3. The van der Waals surface area contributed by atoms with Gasteiger partial charge in [0.25, 0.3) is 0 Å². The molecular formula is C20H18N4O2S. The number of ether oxygens (including phenoxy) is 2. The molecule has 27 heavy (non-hydrogen) atoms. The van der Waals surface area contributed by atoms with Crippen molar-refractivity contribution in [2.75, 3.05) is 6.79 Å². The van der Waals surface area contributed by atoms with Crippen molar-refractivity contribution in [1.82, 2.24) is 19.8 Å². The molecule has 4 aromatic rings. The van der Waals surface area contributed by atoms with E-state index in [0.717, 1.165) is 38.4 Å². The standard InChI is InChI=1S/C20H18N4O2S/c1-20(2,3)14-7-4-12(5-8-14)17-21-22-19-24(17)23-18(27-19)13-6-9-15-16(10-13)26-11-25-15/h4-10H,11H2,1-3H3. The summed E-state index contributed by atoms with van der Waals surface area (Å²) in [6.07, 6.45) is 0. The number of hydrogen-bond acceptors (Lipinski definition) is 6. The zero-order valence-corrected chi connectivity index (χ0v) is 16.1. The molecule has 2 aromatic heterocycles. The first-order valence-corrected chi connectivity index (χ1v) is 9.54. The summed E-state index contributed by atoms with van der Waals surface area (Å²) in [5.41, 5.74) is 3.37. The normalized spacial score (nSPS) is 13.4. The van der Waals surface area contributed by atoms with Crippen LogP contribution in [0.15, 0.2) is 42.5 Å². The van der Waals surface area contributed by atoms with Crippen LogP contribution in [0.5, 0.6) is 11.5 Å². The summed E-state index contributed by atoms with van der Waals surface area (Å²) in [5.74, 6) is 2.26. The second kappa shape index (κ2) is 5.79. The highest BCUT2D eigenvalue weighted by atomic mass is 32.1. The predicted molar refractivity (Wildman–Crippen MR) is 104 cm³/mol. The first-order chi connectivity index (χ1) is 13.0. The van der Waals surface area contributed by atoms with Crippen LogP contribution in [0, 0.1) is 0 Å². The van der Waals surface area contributed by atoms with Gasteiger partial charge in [0, 0.05) is 11.1 Å². The average Bonchev–Trinajstić information content (AvgIpc) is 3.35. The maximum Gasteiger partial charge on any atom is 0.235 e. The van der Waals surface area contributed by atoms with Crippen LogP contribution in [0.25, 0.3) is 26.9 Å². The molecule has 1 aliphatic heterocycles. The average molecular weight is 378 g/mol. The fraction of sp³-hybridized carbons (Fsp3) is 0.250. The van der Waals surface area contributed by atoms with Crippen LogP contribution in [0.2, 0.25) is 0 Å². The molecule has 6 nitrogen and oxygen atoms in total. The van der Waals surface area contributed by atoms with Crippen molar-refractivity contribution in [3.8, 4) is 33.5 Å². The Morgan fingerprint density at radius 2 is 1.67 bits per heavy atom. The van der Waals surface area contributed by atoms with E-state index < -0.39 is 0 Å².